The summed E-state index contributed by atoms with van der Waals surface area (Å²) in [5.74, 6) is -0.387. The van der Waals surface area contributed by atoms with Gasteiger partial charge in [0.05, 0.1) is 11.2 Å². The van der Waals surface area contributed by atoms with Crippen LogP contribution in [0.4, 0.5) is 10.1 Å². The van der Waals surface area contributed by atoms with Crippen LogP contribution in [0, 0.1) is 5.82 Å². The molecule has 0 saturated carbocycles. The SMILES string of the molecule is CCn1nc(COc2c(N)cccc2F)c2ccccc21. The number of nitrogens with zero attached hydrogens (tertiary/aromatic N) is 2. The maximum Gasteiger partial charge on any atom is 0.178 e. The van der Waals surface area contributed by atoms with E-state index in [0.29, 0.717) is 0 Å². The van der Waals surface area contributed by atoms with Gasteiger partial charge in [-0.1, -0.05) is 24.3 Å². The number of nitrogens with two attached hydrogens (primary N) is 1. The number of ether oxygens (including phenoxy) is 1. The lowest BCUT2D eigenvalue weighted by Gasteiger charge is -2.08. The third kappa shape index (κ3) is 2.42. The first-order valence-electron chi connectivity index (χ1n) is 6.82. The highest BCUT2D eigenvalue weighted by atomic mass is 19.1. The lowest BCUT2D eigenvalue weighted by atomic mass is 10.2. The van der Waals surface area contributed by atoms with E-state index in [4.69, 9.17) is 10.5 Å². The number of rotatable bonds is 4. The second-order valence-corrected chi connectivity index (χ2v) is 4.73. The number of halogens is 1. The molecule has 0 aliphatic rings. The van der Waals surface area contributed by atoms with Crippen molar-refractivity contribution in [3.63, 3.8) is 0 Å². The summed E-state index contributed by atoms with van der Waals surface area (Å²) in [6.07, 6.45) is 0. The Bertz CT molecular complexity index is 762. The van der Waals surface area contributed by atoms with Gasteiger partial charge in [-0.15, -0.1) is 0 Å². The van der Waals surface area contributed by atoms with Crippen LogP contribution in [0.25, 0.3) is 10.9 Å². The van der Waals surface area contributed by atoms with Crippen molar-refractivity contribution in [2.45, 2.75) is 20.1 Å². The van der Waals surface area contributed by atoms with Gasteiger partial charge in [-0.2, -0.15) is 5.10 Å². The maximum absolute atomic E-state index is 13.7. The van der Waals surface area contributed by atoms with Crippen LogP contribution in [0.1, 0.15) is 12.6 Å². The molecule has 0 atom stereocenters. The van der Waals surface area contributed by atoms with Crippen LogP contribution < -0.4 is 10.5 Å². The standard InChI is InChI=1S/C16H16FN3O/c1-2-20-15-9-4-3-6-11(15)14(19-20)10-21-16-12(17)7-5-8-13(16)18/h3-9H,2,10,18H2,1H3. The Morgan fingerprint density at radius 2 is 2.00 bits per heavy atom. The normalized spacial score (nSPS) is 11.0. The molecule has 0 saturated heterocycles. The van der Waals surface area contributed by atoms with Crippen molar-refractivity contribution in [3.05, 3.63) is 54.0 Å². The Balaban J connectivity index is 1.92. The van der Waals surface area contributed by atoms with Gasteiger partial charge in [-0.25, -0.2) is 4.39 Å². The molecule has 0 amide bonds. The summed E-state index contributed by atoms with van der Waals surface area (Å²) < 4.78 is 21.2. The molecule has 0 aliphatic carbocycles. The summed E-state index contributed by atoms with van der Waals surface area (Å²) in [6, 6.07) is 12.4. The molecule has 2 N–H and O–H groups in total. The molecule has 0 radical (unpaired) electrons. The van der Waals surface area contributed by atoms with Gasteiger partial charge in [0.2, 0.25) is 0 Å². The van der Waals surface area contributed by atoms with E-state index in [2.05, 4.69) is 5.10 Å². The van der Waals surface area contributed by atoms with Crippen LogP contribution in [0.2, 0.25) is 0 Å². The van der Waals surface area contributed by atoms with E-state index in [-0.39, 0.29) is 18.0 Å². The number of hydrogen-bond acceptors (Lipinski definition) is 3. The number of benzene rings is 2. The molecule has 5 heteroatoms. The number of aryl methyl sites for hydroxylation is 1. The number of nitrogen functional groups attached to an aromatic ring is 1. The zero-order chi connectivity index (χ0) is 14.8. The van der Waals surface area contributed by atoms with Crippen LogP contribution in [-0.2, 0) is 13.2 Å². The molecular formula is C16H16FN3O. The number of para-hydroxylation sites is 2. The largest absolute Gasteiger partial charge is 0.482 e. The molecular weight excluding hydrogens is 269 g/mol. The van der Waals surface area contributed by atoms with Crippen molar-refractivity contribution >= 4 is 16.6 Å². The van der Waals surface area contributed by atoms with Crippen LogP contribution in [0.5, 0.6) is 5.75 Å². The Kier molecular flexibility index (Phi) is 3.48. The third-order valence-electron chi connectivity index (χ3n) is 3.38. The topological polar surface area (TPSA) is 53.1 Å². The summed E-state index contributed by atoms with van der Waals surface area (Å²) >= 11 is 0. The first-order valence-corrected chi connectivity index (χ1v) is 6.82. The maximum atomic E-state index is 13.7. The minimum Gasteiger partial charge on any atom is -0.482 e. The Morgan fingerprint density at radius 3 is 2.76 bits per heavy atom. The highest BCUT2D eigenvalue weighted by Gasteiger charge is 2.12. The highest BCUT2D eigenvalue weighted by molar-refractivity contribution is 5.81. The highest BCUT2D eigenvalue weighted by Crippen LogP contribution is 2.27. The smallest absolute Gasteiger partial charge is 0.178 e. The molecule has 3 rings (SSSR count). The van der Waals surface area contributed by atoms with Gasteiger partial charge < -0.3 is 10.5 Å². The lowest BCUT2D eigenvalue weighted by molar-refractivity contribution is 0.287. The molecule has 108 valence electrons. The fourth-order valence-corrected chi connectivity index (χ4v) is 2.36. The van der Waals surface area contributed by atoms with Gasteiger partial charge in [0.25, 0.3) is 0 Å². The van der Waals surface area contributed by atoms with Crippen LogP contribution in [-0.4, -0.2) is 9.78 Å². The van der Waals surface area contributed by atoms with Gasteiger partial charge in [0.15, 0.2) is 11.6 Å². The van der Waals surface area contributed by atoms with Crippen LogP contribution in [0.15, 0.2) is 42.5 Å². The van der Waals surface area contributed by atoms with Crippen molar-refractivity contribution in [2.24, 2.45) is 0 Å². The number of fused-ring (bicyclic) bond motifs is 1. The first kappa shape index (κ1) is 13.4. The van der Waals surface area contributed by atoms with Crippen molar-refractivity contribution in [1.29, 1.82) is 0 Å². The van der Waals surface area contributed by atoms with E-state index in [0.717, 1.165) is 23.1 Å². The summed E-state index contributed by atoms with van der Waals surface area (Å²) in [5, 5.41) is 5.52. The van der Waals surface area contributed by atoms with E-state index in [1.54, 1.807) is 12.1 Å². The Morgan fingerprint density at radius 1 is 1.19 bits per heavy atom. The van der Waals surface area contributed by atoms with E-state index < -0.39 is 5.82 Å². The lowest BCUT2D eigenvalue weighted by Crippen LogP contribution is -2.03. The summed E-state index contributed by atoms with van der Waals surface area (Å²) in [5.41, 5.74) is 7.84. The molecule has 0 unspecified atom stereocenters. The Labute approximate surface area is 121 Å². The molecule has 4 nitrogen and oxygen atoms in total. The fourth-order valence-electron chi connectivity index (χ4n) is 2.36. The molecule has 21 heavy (non-hydrogen) atoms. The average molecular weight is 285 g/mol. The average Bonchev–Trinajstić information content (AvgIpc) is 2.85. The summed E-state index contributed by atoms with van der Waals surface area (Å²) in [6.45, 7) is 2.97. The van der Waals surface area contributed by atoms with Gasteiger partial charge in [0.1, 0.15) is 12.3 Å². The molecule has 2 aromatic carbocycles. The zero-order valence-corrected chi connectivity index (χ0v) is 11.7. The van der Waals surface area contributed by atoms with E-state index in [9.17, 15) is 4.39 Å². The molecule has 1 aromatic heterocycles. The molecule has 1 heterocycles. The molecule has 0 spiro atoms. The molecule has 0 aliphatic heterocycles. The second kappa shape index (κ2) is 5.44. The van der Waals surface area contributed by atoms with Crippen LogP contribution in [0.3, 0.4) is 0 Å². The predicted molar refractivity (Wildman–Crippen MR) is 80.6 cm³/mol. The minimum absolute atomic E-state index is 0.0765. The predicted octanol–water partition coefficient (Wildman–Crippen LogP) is 3.36. The monoisotopic (exact) mass is 285 g/mol. The molecule has 0 fully saturated rings. The molecule has 0 bridgehead atoms. The third-order valence-corrected chi connectivity index (χ3v) is 3.38. The van der Waals surface area contributed by atoms with Gasteiger partial charge >= 0.3 is 0 Å². The van der Waals surface area contributed by atoms with Gasteiger partial charge in [-0.3, -0.25) is 4.68 Å². The van der Waals surface area contributed by atoms with E-state index in [1.165, 1.54) is 6.07 Å². The number of aromatic nitrogens is 2. The summed E-state index contributed by atoms with van der Waals surface area (Å²) in [4.78, 5) is 0. The summed E-state index contributed by atoms with van der Waals surface area (Å²) in [7, 11) is 0. The Hall–Kier alpha value is -2.56. The zero-order valence-electron chi connectivity index (χ0n) is 11.7. The van der Waals surface area contributed by atoms with Crippen LogP contribution >= 0.6 is 0 Å². The molecule has 3 aromatic rings. The van der Waals surface area contributed by atoms with Gasteiger partial charge in [0, 0.05) is 11.9 Å². The van der Waals surface area contributed by atoms with Crippen molar-refractivity contribution < 1.29 is 9.13 Å². The fraction of sp³-hybridized carbons (Fsp3) is 0.188. The quantitative estimate of drug-likeness (QED) is 0.748. The number of hydrogen-bond donors (Lipinski definition) is 1. The minimum atomic E-state index is -0.464. The van der Waals surface area contributed by atoms with Gasteiger partial charge in [-0.05, 0) is 25.1 Å². The van der Waals surface area contributed by atoms with Crippen molar-refractivity contribution in [2.75, 3.05) is 5.73 Å². The van der Waals surface area contributed by atoms with Crippen molar-refractivity contribution in [1.82, 2.24) is 9.78 Å². The van der Waals surface area contributed by atoms with E-state index in [1.807, 2.05) is 35.9 Å². The first-order chi connectivity index (χ1) is 10.2. The second-order valence-electron chi connectivity index (χ2n) is 4.73. The van der Waals surface area contributed by atoms with Crippen molar-refractivity contribution in [3.8, 4) is 5.75 Å². The number of anilines is 1. The van der Waals surface area contributed by atoms with E-state index >= 15 is 0 Å².